The van der Waals surface area contributed by atoms with Crippen LogP contribution in [0.25, 0.3) is 0 Å². The number of benzene rings is 3. The zero-order chi connectivity index (χ0) is 28.2. The molecule has 6 nitrogen and oxygen atoms in total. The zero-order valence-corrected chi connectivity index (χ0v) is 23.4. The van der Waals surface area contributed by atoms with Gasteiger partial charge in [0.15, 0.2) is 11.5 Å². The van der Waals surface area contributed by atoms with E-state index < -0.39 is 17.8 Å². The second-order valence-electron chi connectivity index (χ2n) is 10.2. The summed E-state index contributed by atoms with van der Waals surface area (Å²) >= 11 is 6.09. The van der Waals surface area contributed by atoms with Crippen molar-refractivity contribution < 1.29 is 24.2 Å². The summed E-state index contributed by atoms with van der Waals surface area (Å²) in [6.07, 6.45) is 1.50. The maximum atomic E-state index is 13.9. The monoisotopic (exact) mass is 557 g/mol. The fourth-order valence-electron chi connectivity index (χ4n) is 5.75. The zero-order valence-electron chi connectivity index (χ0n) is 22.6. The Morgan fingerprint density at radius 2 is 1.73 bits per heavy atom. The third-order valence-corrected chi connectivity index (χ3v) is 7.88. The summed E-state index contributed by atoms with van der Waals surface area (Å²) in [4.78, 5) is 32.3. The topological polar surface area (TPSA) is 85.2 Å². The summed E-state index contributed by atoms with van der Waals surface area (Å²) in [5, 5.41) is 11.0. The van der Waals surface area contributed by atoms with Crippen LogP contribution in [0.4, 0.5) is 0 Å². The van der Waals surface area contributed by atoms with E-state index in [9.17, 15) is 14.7 Å². The minimum Gasteiger partial charge on any atom is -0.504 e. The molecular formula is C33H32ClNO5. The molecule has 3 atom stereocenters. The van der Waals surface area contributed by atoms with Gasteiger partial charge in [0.2, 0.25) is 0 Å². The average molecular weight is 558 g/mol. The second kappa shape index (κ2) is 12.1. The maximum Gasteiger partial charge on any atom is 0.336 e. The number of halogens is 1. The number of phenolic OH excluding ortho intramolecular Hbond substituents is 1. The van der Waals surface area contributed by atoms with Crippen LogP contribution in [0, 0.1) is 5.92 Å². The van der Waals surface area contributed by atoms with Crippen LogP contribution in [0.1, 0.15) is 55.2 Å². The van der Waals surface area contributed by atoms with Gasteiger partial charge in [0.1, 0.15) is 5.78 Å². The van der Waals surface area contributed by atoms with Crippen molar-refractivity contribution in [3.8, 4) is 11.5 Å². The summed E-state index contributed by atoms with van der Waals surface area (Å²) in [7, 11) is 0. The molecule has 7 heteroatoms. The average Bonchev–Trinajstić information content (AvgIpc) is 2.94. The molecule has 1 fully saturated rings. The Morgan fingerprint density at radius 3 is 2.45 bits per heavy atom. The van der Waals surface area contributed by atoms with E-state index >= 15 is 0 Å². The number of nitrogens with zero attached hydrogens (tertiary/aromatic N) is 1. The van der Waals surface area contributed by atoms with Gasteiger partial charge in [-0.1, -0.05) is 60.1 Å². The third kappa shape index (κ3) is 5.82. The van der Waals surface area contributed by atoms with Crippen molar-refractivity contribution in [3.05, 3.63) is 106 Å². The van der Waals surface area contributed by atoms with E-state index in [0.717, 1.165) is 16.8 Å². The lowest BCUT2D eigenvalue weighted by atomic mass is 9.66. The Balaban J connectivity index is 1.50. The number of phenols is 1. The molecule has 206 valence electrons. The lowest BCUT2D eigenvalue weighted by molar-refractivity contribution is -0.139. The minimum atomic E-state index is -0.608. The van der Waals surface area contributed by atoms with Crippen LogP contribution in [0.3, 0.4) is 0 Å². The largest absolute Gasteiger partial charge is 0.504 e. The molecule has 0 bridgehead atoms. The number of aliphatic imine (C=N–C) groups is 1. The van der Waals surface area contributed by atoms with Crippen LogP contribution in [-0.4, -0.2) is 35.8 Å². The molecule has 1 N–H and O–H groups in total. The van der Waals surface area contributed by atoms with E-state index in [-0.39, 0.29) is 24.1 Å². The molecular weight excluding hydrogens is 526 g/mol. The van der Waals surface area contributed by atoms with Gasteiger partial charge < -0.3 is 14.6 Å². The molecule has 0 aromatic heterocycles. The van der Waals surface area contributed by atoms with Crippen LogP contribution in [0.2, 0.25) is 5.02 Å². The number of carbonyl (C=O) groups excluding carboxylic acids is 2. The molecule has 3 aromatic rings. The van der Waals surface area contributed by atoms with Gasteiger partial charge in [-0.3, -0.25) is 9.79 Å². The number of ketones is 1. The van der Waals surface area contributed by atoms with Crippen molar-refractivity contribution in [3.63, 3.8) is 0 Å². The van der Waals surface area contributed by atoms with Crippen LogP contribution in [0.15, 0.2) is 89.1 Å². The lowest BCUT2D eigenvalue weighted by Gasteiger charge is -2.38. The first-order valence-corrected chi connectivity index (χ1v) is 14.0. The van der Waals surface area contributed by atoms with Crippen molar-refractivity contribution in [2.75, 3.05) is 13.2 Å². The van der Waals surface area contributed by atoms with Crippen LogP contribution < -0.4 is 4.74 Å². The normalized spacial score (nSPS) is 20.5. The van der Waals surface area contributed by atoms with E-state index in [1.54, 1.807) is 25.1 Å². The van der Waals surface area contributed by atoms with Gasteiger partial charge in [-0.2, -0.15) is 0 Å². The minimum absolute atomic E-state index is 0.000706. The Hall–Kier alpha value is -3.90. The van der Waals surface area contributed by atoms with Crippen molar-refractivity contribution in [1.82, 2.24) is 0 Å². The van der Waals surface area contributed by atoms with Gasteiger partial charge in [-0.15, -0.1) is 0 Å². The Labute approximate surface area is 239 Å². The summed E-state index contributed by atoms with van der Waals surface area (Å²) in [6.45, 7) is 4.20. The molecule has 0 spiro atoms. The van der Waals surface area contributed by atoms with Gasteiger partial charge in [-0.25, -0.2) is 4.79 Å². The molecule has 0 saturated heterocycles. The molecule has 5 rings (SSSR count). The Morgan fingerprint density at radius 1 is 1.00 bits per heavy atom. The fourth-order valence-corrected chi connectivity index (χ4v) is 5.88. The van der Waals surface area contributed by atoms with Gasteiger partial charge in [0.25, 0.3) is 0 Å². The highest BCUT2D eigenvalue weighted by atomic mass is 35.5. The highest BCUT2D eigenvalue weighted by Gasteiger charge is 2.46. The van der Waals surface area contributed by atoms with Crippen LogP contribution in [0.5, 0.6) is 11.5 Å². The first kappa shape index (κ1) is 27.7. The number of aromatic hydroxyl groups is 1. The smallest absolute Gasteiger partial charge is 0.336 e. The number of fused-ring (bicyclic) bond motifs is 1. The molecule has 1 aliphatic carbocycles. The Bertz CT molecular complexity index is 1460. The molecule has 1 saturated carbocycles. The predicted molar refractivity (Wildman–Crippen MR) is 155 cm³/mol. The highest BCUT2D eigenvalue weighted by molar-refractivity contribution is 6.30. The highest BCUT2D eigenvalue weighted by Crippen LogP contribution is 2.47. The maximum absolute atomic E-state index is 13.9. The number of hydrogen-bond donors (Lipinski definition) is 1. The van der Waals surface area contributed by atoms with Gasteiger partial charge in [0, 0.05) is 35.2 Å². The third-order valence-electron chi connectivity index (χ3n) is 7.63. The van der Waals surface area contributed by atoms with Gasteiger partial charge >= 0.3 is 5.97 Å². The molecule has 2 aliphatic rings. The number of allylic oxidation sites excluding steroid dienone is 1. The van der Waals surface area contributed by atoms with Crippen molar-refractivity contribution in [2.45, 2.75) is 44.9 Å². The van der Waals surface area contributed by atoms with Crippen LogP contribution in [-0.2, 0) is 20.7 Å². The van der Waals surface area contributed by atoms with E-state index in [2.05, 4.69) is 0 Å². The second-order valence-corrected chi connectivity index (χ2v) is 10.6. The lowest BCUT2D eigenvalue weighted by Crippen LogP contribution is -2.41. The van der Waals surface area contributed by atoms with Crippen molar-refractivity contribution in [1.29, 1.82) is 0 Å². The fraction of sp³-hybridized carbons (Fsp3) is 0.303. The predicted octanol–water partition coefficient (Wildman–Crippen LogP) is 6.81. The number of Topliss-reactive ketones (excluding diaryl/α,β-unsaturated/α-hetero) is 1. The number of carbonyl (C=O) groups is 2. The summed E-state index contributed by atoms with van der Waals surface area (Å²) in [6, 6.07) is 22.4. The molecule has 1 aliphatic heterocycles. The molecule has 0 radical (unpaired) electrons. The first-order chi connectivity index (χ1) is 19.4. The van der Waals surface area contributed by atoms with E-state index in [1.807, 2.05) is 61.5 Å². The van der Waals surface area contributed by atoms with Crippen molar-refractivity contribution >= 4 is 29.1 Å². The van der Waals surface area contributed by atoms with E-state index in [0.29, 0.717) is 53.5 Å². The number of esters is 1. The Kier molecular flexibility index (Phi) is 8.36. The molecule has 1 unspecified atom stereocenters. The van der Waals surface area contributed by atoms with E-state index in [4.69, 9.17) is 26.1 Å². The number of ether oxygens (including phenoxy) is 2. The molecule has 40 heavy (non-hydrogen) atoms. The SMILES string of the molecule is CCOc1cc([C@H]2C(C(=O)OCCc3ccccc3)=C(C)N=C3C[C@@H](c4ccc(Cl)cc4)CC(=O)C32)ccc1O. The number of hydrogen-bond acceptors (Lipinski definition) is 6. The number of rotatable bonds is 8. The van der Waals surface area contributed by atoms with E-state index in [1.165, 1.54) is 0 Å². The molecule has 1 heterocycles. The molecule has 3 aromatic carbocycles. The summed E-state index contributed by atoms with van der Waals surface area (Å²) < 4.78 is 11.4. The van der Waals surface area contributed by atoms with Crippen molar-refractivity contribution in [2.24, 2.45) is 10.9 Å². The summed E-state index contributed by atoms with van der Waals surface area (Å²) in [5.41, 5.74) is 4.46. The van der Waals surface area contributed by atoms with Gasteiger partial charge in [0.05, 0.1) is 24.7 Å². The summed E-state index contributed by atoms with van der Waals surface area (Å²) in [5.74, 6) is -1.39. The standard InChI is InChI=1S/C33H32ClNO5/c1-3-39-29-19-23(11-14-27(29)36)31-30(33(38)40-16-15-21-7-5-4-6-8-21)20(2)35-26-17-24(18-28(37)32(26)31)22-9-12-25(34)13-10-22/h4-14,19,24,31-32,36H,3,15-18H2,1-2H3/t24-,31+,32?/m1/s1. The quantitative estimate of drug-likeness (QED) is 0.308. The van der Waals surface area contributed by atoms with Gasteiger partial charge in [-0.05, 0) is 67.1 Å². The van der Waals surface area contributed by atoms with Crippen LogP contribution >= 0.6 is 11.6 Å². The first-order valence-electron chi connectivity index (χ1n) is 13.6. The molecule has 0 amide bonds.